The number of carboxylic acid groups (broad SMARTS) is 1. The molecule has 0 aromatic heterocycles. The van der Waals surface area contributed by atoms with Crippen LogP contribution in [0.2, 0.25) is 0 Å². The molecule has 0 amide bonds. The highest BCUT2D eigenvalue weighted by atomic mass is 32.2. The zero-order chi connectivity index (χ0) is 13.1. The fourth-order valence-electron chi connectivity index (χ4n) is 1.90. The molecule has 1 aliphatic heterocycles. The van der Waals surface area contributed by atoms with E-state index in [1.165, 1.54) is 16.3 Å². The van der Waals surface area contributed by atoms with E-state index in [1.807, 2.05) is 0 Å². The Morgan fingerprint density at radius 1 is 1.41 bits per heavy atom. The Bertz CT molecular complexity index is 361. The van der Waals surface area contributed by atoms with Crippen molar-refractivity contribution in [1.82, 2.24) is 9.21 Å². The highest BCUT2D eigenvalue weighted by molar-refractivity contribution is 7.89. The van der Waals surface area contributed by atoms with E-state index >= 15 is 0 Å². The third-order valence-corrected chi connectivity index (χ3v) is 4.84. The maximum atomic E-state index is 12.0. The molecule has 0 spiro atoms. The fourth-order valence-corrected chi connectivity index (χ4v) is 3.48. The van der Waals surface area contributed by atoms with Crippen molar-refractivity contribution in [3.05, 3.63) is 0 Å². The molecule has 1 heterocycles. The molecule has 6 nitrogen and oxygen atoms in total. The minimum atomic E-state index is -3.36. The van der Waals surface area contributed by atoms with Gasteiger partial charge in [-0.2, -0.15) is 0 Å². The first-order valence-electron chi connectivity index (χ1n) is 5.69. The number of hydrogen-bond donors (Lipinski definition) is 1. The molecule has 1 N–H and O–H groups in total. The van der Waals surface area contributed by atoms with Gasteiger partial charge in [0.1, 0.15) is 5.88 Å². The van der Waals surface area contributed by atoms with Crippen molar-refractivity contribution in [1.29, 1.82) is 0 Å². The van der Waals surface area contributed by atoms with Crippen molar-refractivity contribution in [3.63, 3.8) is 0 Å². The third kappa shape index (κ3) is 4.61. The second kappa shape index (κ2) is 5.79. The smallest absolute Gasteiger partial charge is 0.317 e. The molecule has 17 heavy (non-hydrogen) atoms. The van der Waals surface area contributed by atoms with Crippen LogP contribution in [0.1, 0.15) is 19.8 Å². The largest absolute Gasteiger partial charge is 0.480 e. The topological polar surface area (TPSA) is 77.9 Å². The van der Waals surface area contributed by atoms with Gasteiger partial charge < -0.3 is 5.11 Å². The lowest BCUT2D eigenvalue weighted by molar-refractivity contribution is -0.137. The average Bonchev–Trinajstić information content (AvgIpc) is 2.15. The summed E-state index contributed by atoms with van der Waals surface area (Å²) in [5, 5.41) is 8.58. The summed E-state index contributed by atoms with van der Waals surface area (Å²) in [6, 6.07) is 0. The lowest BCUT2D eigenvalue weighted by atomic mass is 10.0. The number of piperidine rings is 1. The molecular formula is C10H20N2O4S. The maximum absolute atomic E-state index is 12.0. The van der Waals surface area contributed by atoms with E-state index in [0.29, 0.717) is 19.0 Å². The van der Waals surface area contributed by atoms with Gasteiger partial charge in [-0.15, -0.1) is 0 Å². The highest BCUT2D eigenvalue weighted by Crippen LogP contribution is 2.19. The maximum Gasteiger partial charge on any atom is 0.317 e. The van der Waals surface area contributed by atoms with Crippen LogP contribution in [0.25, 0.3) is 0 Å². The molecule has 1 fully saturated rings. The first-order chi connectivity index (χ1) is 7.81. The quantitative estimate of drug-likeness (QED) is 0.757. The van der Waals surface area contributed by atoms with Gasteiger partial charge in [0, 0.05) is 13.1 Å². The Labute approximate surface area is 102 Å². The highest BCUT2D eigenvalue weighted by Gasteiger charge is 2.27. The van der Waals surface area contributed by atoms with Crippen LogP contribution in [0.4, 0.5) is 0 Å². The zero-order valence-electron chi connectivity index (χ0n) is 10.3. The summed E-state index contributed by atoms with van der Waals surface area (Å²) in [5.74, 6) is -0.679. The number of nitrogens with zero attached hydrogens (tertiary/aromatic N) is 2. The van der Waals surface area contributed by atoms with Crippen LogP contribution >= 0.6 is 0 Å². The van der Waals surface area contributed by atoms with E-state index in [2.05, 4.69) is 6.92 Å². The van der Waals surface area contributed by atoms with Gasteiger partial charge in [0.25, 0.3) is 0 Å². The minimum absolute atomic E-state index is 0.228. The Balaban J connectivity index is 2.53. The van der Waals surface area contributed by atoms with Crippen LogP contribution in [0.15, 0.2) is 0 Å². The van der Waals surface area contributed by atoms with E-state index in [1.54, 1.807) is 0 Å². The second-order valence-corrected chi connectivity index (χ2v) is 6.67. The Morgan fingerprint density at radius 2 is 1.94 bits per heavy atom. The molecule has 0 radical (unpaired) electrons. The molecule has 1 rings (SSSR count). The van der Waals surface area contributed by atoms with Crippen molar-refractivity contribution >= 4 is 16.0 Å². The van der Waals surface area contributed by atoms with Crippen LogP contribution < -0.4 is 0 Å². The molecule has 0 unspecified atom stereocenters. The summed E-state index contributed by atoms with van der Waals surface area (Å²) in [7, 11) is -1.86. The lowest BCUT2D eigenvalue weighted by Gasteiger charge is -2.30. The lowest BCUT2D eigenvalue weighted by Crippen LogP contribution is -2.43. The molecule has 0 bridgehead atoms. The van der Waals surface area contributed by atoms with Crippen LogP contribution in [-0.2, 0) is 14.8 Å². The summed E-state index contributed by atoms with van der Waals surface area (Å²) < 4.78 is 25.4. The molecular weight excluding hydrogens is 244 g/mol. The standard InChI is InChI=1S/C10H20N2O4S/c1-9-3-5-12(6-4-9)17(15,16)8-11(2)7-10(13)14/h9H,3-8H2,1-2H3,(H,13,14). The molecule has 1 aliphatic rings. The van der Waals surface area contributed by atoms with E-state index in [0.717, 1.165) is 12.8 Å². The minimum Gasteiger partial charge on any atom is -0.480 e. The first-order valence-corrected chi connectivity index (χ1v) is 7.30. The number of hydrogen-bond acceptors (Lipinski definition) is 4. The van der Waals surface area contributed by atoms with Crippen LogP contribution in [0.5, 0.6) is 0 Å². The average molecular weight is 264 g/mol. The molecule has 100 valence electrons. The Kier molecular flexibility index (Phi) is 4.91. The van der Waals surface area contributed by atoms with E-state index < -0.39 is 16.0 Å². The van der Waals surface area contributed by atoms with Crippen molar-refractivity contribution in [3.8, 4) is 0 Å². The van der Waals surface area contributed by atoms with E-state index in [-0.39, 0.29) is 12.4 Å². The van der Waals surface area contributed by atoms with Crippen molar-refractivity contribution in [2.24, 2.45) is 5.92 Å². The molecule has 1 saturated heterocycles. The number of carbonyl (C=O) groups is 1. The second-order valence-electron chi connectivity index (χ2n) is 4.73. The summed E-state index contributed by atoms with van der Waals surface area (Å²) in [4.78, 5) is 11.8. The predicted octanol–water partition coefficient (Wildman–Crippen LogP) is 0.0220. The van der Waals surface area contributed by atoms with Gasteiger partial charge in [0.2, 0.25) is 10.0 Å². The van der Waals surface area contributed by atoms with Crippen molar-refractivity contribution in [2.75, 3.05) is 32.6 Å². The first kappa shape index (κ1) is 14.4. The zero-order valence-corrected chi connectivity index (χ0v) is 11.1. The third-order valence-electron chi connectivity index (χ3n) is 2.92. The predicted molar refractivity (Wildman–Crippen MR) is 64.0 cm³/mol. The molecule has 0 aromatic carbocycles. The Hall–Kier alpha value is -0.660. The van der Waals surface area contributed by atoms with Gasteiger partial charge >= 0.3 is 5.97 Å². The van der Waals surface area contributed by atoms with E-state index in [9.17, 15) is 13.2 Å². The van der Waals surface area contributed by atoms with E-state index in [4.69, 9.17) is 5.11 Å². The summed E-state index contributed by atoms with van der Waals surface area (Å²) in [6.45, 7) is 2.94. The number of likely N-dealkylation sites (N-methyl/N-ethyl adjacent to an activating group) is 1. The van der Waals surface area contributed by atoms with Gasteiger partial charge in [-0.1, -0.05) is 6.92 Å². The summed E-state index contributed by atoms with van der Waals surface area (Å²) in [6.07, 6.45) is 1.75. The van der Waals surface area contributed by atoms with Crippen LogP contribution in [0, 0.1) is 5.92 Å². The molecule has 0 aliphatic carbocycles. The summed E-state index contributed by atoms with van der Waals surface area (Å²) >= 11 is 0. The monoisotopic (exact) mass is 264 g/mol. The molecule has 7 heteroatoms. The van der Waals surface area contributed by atoms with Gasteiger partial charge in [-0.05, 0) is 25.8 Å². The Morgan fingerprint density at radius 3 is 2.41 bits per heavy atom. The molecule has 0 atom stereocenters. The number of aliphatic carboxylic acids is 1. The van der Waals surface area contributed by atoms with Crippen molar-refractivity contribution < 1.29 is 18.3 Å². The van der Waals surface area contributed by atoms with Gasteiger partial charge in [-0.3, -0.25) is 9.69 Å². The van der Waals surface area contributed by atoms with Crippen molar-refractivity contribution in [2.45, 2.75) is 19.8 Å². The van der Waals surface area contributed by atoms with Gasteiger partial charge in [0.15, 0.2) is 0 Å². The van der Waals surface area contributed by atoms with Crippen LogP contribution in [0.3, 0.4) is 0 Å². The van der Waals surface area contributed by atoms with Gasteiger partial charge in [-0.25, -0.2) is 12.7 Å². The SMILES string of the molecule is CC1CCN(S(=O)(=O)CN(C)CC(=O)O)CC1. The fraction of sp³-hybridized carbons (Fsp3) is 0.900. The van der Waals surface area contributed by atoms with Gasteiger partial charge in [0.05, 0.1) is 6.54 Å². The normalized spacial score (nSPS) is 19.7. The number of carboxylic acids is 1. The number of rotatable bonds is 5. The number of sulfonamides is 1. The summed E-state index contributed by atoms with van der Waals surface area (Å²) in [5.41, 5.74) is 0. The van der Waals surface area contributed by atoms with Crippen LogP contribution in [-0.4, -0.2) is 61.3 Å². The molecule has 0 saturated carbocycles. The molecule has 0 aromatic rings.